The first-order valence-electron chi connectivity index (χ1n) is 5.68. The molecule has 1 rings (SSSR count). The zero-order valence-electron chi connectivity index (χ0n) is 10.4. The second-order valence-electron chi connectivity index (χ2n) is 4.17. The lowest BCUT2D eigenvalue weighted by Gasteiger charge is -2.21. The summed E-state index contributed by atoms with van der Waals surface area (Å²) in [5.41, 5.74) is 0.894. The number of hydrogen-bond acceptors (Lipinski definition) is 2. The summed E-state index contributed by atoms with van der Waals surface area (Å²) in [5, 5.41) is 3.35. The van der Waals surface area contributed by atoms with Crippen LogP contribution in [0.1, 0.15) is 27.2 Å². The molecule has 0 aliphatic rings. The van der Waals surface area contributed by atoms with Crippen LogP contribution in [-0.2, 0) is 0 Å². The van der Waals surface area contributed by atoms with Crippen molar-refractivity contribution in [3.63, 3.8) is 0 Å². The molecule has 0 radical (unpaired) electrons. The minimum absolute atomic E-state index is 0.279. The van der Waals surface area contributed by atoms with Crippen molar-refractivity contribution in [2.24, 2.45) is 5.92 Å². The highest BCUT2D eigenvalue weighted by atomic mass is 19.1. The molecule has 0 spiro atoms. The Balaban J connectivity index is 2.74. The number of halogens is 1. The average Bonchev–Trinajstić information content (AvgIpc) is 2.30. The Morgan fingerprint density at radius 3 is 2.62 bits per heavy atom. The molecule has 0 amide bonds. The average molecular weight is 225 g/mol. The van der Waals surface area contributed by atoms with Crippen LogP contribution in [0.4, 0.5) is 10.1 Å². The Hall–Kier alpha value is -1.25. The fourth-order valence-corrected chi connectivity index (χ4v) is 1.51. The third-order valence-corrected chi connectivity index (χ3v) is 3.04. The van der Waals surface area contributed by atoms with E-state index in [0.29, 0.717) is 12.0 Å². The summed E-state index contributed by atoms with van der Waals surface area (Å²) in [4.78, 5) is 0. The van der Waals surface area contributed by atoms with Crippen LogP contribution in [0.15, 0.2) is 18.2 Å². The molecule has 0 bridgehead atoms. The molecular weight excluding hydrogens is 205 g/mol. The highest BCUT2D eigenvalue weighted by Crippen LogP contribution is 2.23. The van der Waals surface area contributed by atoms with Crippen LogP contribution in [0.25, 0.3) is 0 Å². The van der Waals surface area contributed by atoms with Crippen LogP contribution < -0.4 is 10.1 Å². The zero-order valence-corrected chi connectivity index (χ0v) is 10.4. The summed E-state index contributed by atoms with van der Waals surface area (Å²) in [6, 6.07) is 5.20. The summed E-state index contributed by atoms with van der Waals surface area (Å²) in [6.07, 6.45) is 1.12. The fraction of sp³-hybridized carbons (Fsp3) is 0.538. The summed E-state index contributed by atoms with van der Waals surface area (Å²) in [7, 11) is 1.47. The quantitative estimate of drug-likeness (QED) is 0.825. The van der Waals surface area contributed by atoms with Crippen molar-refractivity contribution < 1.29 is 9.13 Å². The van der Waals surface area contributed by atoms with E-state index in [0.717, 1.165) is 12.1 Å². The van der Waals surface area contributed by atoms with Crippen LogP contribution in [0, 0.1) is 11.7 Å². The van der Waals surface area contributed by atoms with E-state index in [4.69, 9.17) is 4.74 Å². The van der Waals surface area contributed by atoms with E-state index in [9.17, 15) is 4.39 Å². The second kappa shape index (κ2) is 5.73. The largest absolute Gasteiger partial charge is 0.494 e. The number of hydrogen-bond donors (Lipinski definition) is 1. The minimum Gasteiger partial charge on any atom is -0.494 e. The van der Waals surface area contributed by atoms with Crippen LogP contribution in [0.5, 0.6) is 5.75 Å². The molecule has 0 heterocycles. The van der Waals surface area contributed by atoms with Gasteiger partial charge in [-0.3, -0.25) is 0 Å². The van der Waals surface area contributed by atoms with Crippen LogP contribution in [0.2, 0.25) is 0 Å². The molecule has 0 saturated heterocycles. The number of nitrogens with one attached hydrogen (secondary N) is 1. The van der Waals surface area contributed by atoms with Crippen molar-refractivity contribution in [2.45, 2.75) is 33.2 Å². The molecule has 1 N–H and O–H groups in total. The van der Waals surface area contributed by atoms with Crippen molar-refractivity contribution >= 4 is 5.69 Å². The van der Waals surface area contributed by atoms with Gasteiger partial charge in [0.2, 0.25) is 0 Å². The topological polar surface area (TPSA) is 21.3 Å². The molecule has 0 aliphatic carbocycles. The zero-order chi connectivity index (χ0) is 12.1. The molecule has 0 fully saturated rings. The third-order valence-electron chi connectivity index (χ3n) is 3.04. The maximum atomic E-state index is 13.2. The lowest BCUT2D eigenvalue weighted by molar-refractivity contribution is 0.386. The van der Waals surface area contributed by atoms with E-state index < -0.39 is 0 Å². The minimum atomic E-state index is -0.329. The Kier molecular flexibility index (Phi) is 4.59. The highest BCUT2D eigenvalue weighted by molar-refractivity contribution is 5.49. The molecule has 1 aromatic carbocycles. The number of methoxy groups -OCH3 is 1. The number of anilines is 1. The van der Waals surface area contributed by atoms with Crippen LogP contribution >= 0.6 is 0 Å². The van der Waals surface area contributed by atoms with Gasteiger partial charge in [-0.15, -0.1) is 0 Å². The maximum absolute atomic E-state index is 13.2. The maximum Gasteiger partial charge on any atom is 0.165 e. The van der Waals surface area contributed by atoms with Gasteiger partial charge in [0.25, 0.3) is 0 Å². The van der Waals surface area contributed by atoms with Gasteiger partial charge in [0.05, 0.1) is 7.11 Å². The first-order valence-corrected chi connectivity index (χ1v) is 5.68. The third kappa shape index (κ3) is 3.12. The molecule has 0 aliphatic heterocycles. The molecule has 2 atom stereocenters. The molecule has 0 aromatic heterocycles. The van der Waals surface area contributed by atoms with Gasteiger partial charge in [-0.25, -0.2) is 4.39 Å². The molecule has 2 nitrogen and oxygen atoms in total. The van der Waals surface area contributed by atoms with Crippen molar-refractivity contribution in [1.82, 2.24) is 0 Å². The van der Waals surface area contributed by atoms with Gasteiger partial charge in [0.1, 0.15) is 0 Å². The smallest absolute Gasteiger partial charge is 0.165 e. The lowest BCUT2D eigenvalue weighted by atomic mass is 10.0. The summed E-state index contributed by atoms with van der Waals surface area (Å²) >= 11 is 0. The molecule has 90 valence electrons. The highest BCUT2D eigenvalue weighted by Gasteiger charge is 2.11. The van der Waals surface area contributed by atoms with Gasteiger partial charge in [-0.05, 0) is 25.0 Å². The van der Waals surface area contributed by atoms with Gasteiger partial charge in [-0.2, -0.15) is 0 Å². The summed E-state index contributed by atoms with van der Waals surface area (Å²) in [5.74, 6) is 0.529. The summed E-state index contributed by atoms with van der Waals surface area (Å²) in [6.45, 7) is 6.48. The van der Waals surface area contributed by atoms with Crippen molar-refractivity contribution in [2.75, 3.05) is 12.4 Å². The fourth-order valence-electron chi connectivity index (χ4n) is 1.51. The normalized spacial score (nSPS) is 14.3. The standard InChI is InChI=1S/C13H20FNO/c1-5-9(2)10(3)15-11-6-7-12(14)13(8-11)16-4/h6-10,15H,5H2,1-4H3. The SMILES string of the molecule is CCC(C)C(C)Nc1ccc(F)c(OC)c1. The predicted octanol–water partition coefficient (Wildman–Crippen LogP) is 3.68. The Morgan fingerprint density at radius 2 is 2.06 bits per heavy atom. The molecule has 0 saturated carbocycles. The van der Waals surface area contributed by atoms with Crippen molar-refractivity contribution in [3.05, 3.63) is 24.0 Å². The van der Waals surface area contributed by atoms with Gasteiger partial charge in [0.15, 0.2) is 11.6 Å². The van der Waals surface area contributed by atoms with Gasteiger partial charge in [-0.1, -0.05) is 20.3 Å². The number of rotatable bonds is 5. The van der Waals surface area contributed by atoms with E-state index >= 15 is 0 Å². The van der Waals surface area contributed by atoms with Gasteiger partial charge < -0.3 is 10.1 Å². The molecule has 1 aromatic rings. The van der Waals surface area contributed by atoms with E-state index in [1.54, 1.807) is 12.1 Å². The van der Waals surface area contributed by atoms with E-state index in [1.807, 2.05) is 0 Å². The van der Waals surface area contributed by atoms with E-state index in [-0.39, 0.29) is 11.6 Å². The van der Waals surface area contributed by atoms with Gasteiger partial charge >= 0.3 is 0 Å². The number of benzene rings is 1. The number of ether oxygens (including phenoxy) is 1. The molecular formula is C13H20FNO. The first kappa shape index (κ1) is 12.8. The Labute approximate surface area is 96.8 Å². The molecule has 3 heteroatoms. The first-order chi connectivity index (χ1) is 7.58. The summed E-state index contributed by atoms with van der Waals surface area (Å²) < 4.78 is 18.1. The van der Waals surface area contributed by atoms with Crippen molar-refractivity contribution in [1.29, 1.82) is 0 Å². The monoisotopic (exact) mass is 225 g/mol. The van der Waals surface area contributed by atoms with Crippen LogP contribution in [0.3, 0.4) is 0 Å². The van der Waals surface area contributed by atoms with Crippen LogP contribution in [-0.4, -0.2) is 13.2 Å². The Bertz CT molecular complexity index is 341. The predicted molar refractivity (Wildman–Crippen MR) is 65.5 cm³/mol. The Morgan fingerprint density at radius 1 is 1.38 bits per heavy atom. The van der Waals surface area contributed by atoms with E-state index in [1.165, 1.54) is 13.2 Å². The lowest BCUT2D eigenvalue weighted by Crippen LogP contribution is -2.23. The van der Waals surface area contributed by atoms with Crippen molar-refractivity contribution in [3.8, 4) is 5.75 Å². The molecule has 2 unspecified atom stereocenters. The van der Waals surface area contributed by atoms with Gasteiger partial charge in [0, 0.05) is 17.8 Å². The second-order valence-corrected chi connectivity index (χ2v) is 4.17. The molecule has 16 heavy (non-hydrogen) atoms. The van der Waals surface area contributed by atoms with E-state index in [2.05, 4.69) is 26.1 Å².